The van der Waals surface area contributed by atoms with Crippen LogP contribution in [0.4, 0.5) is 11.4 Å². The first-order valence-corrected chi connectivity index (χ1v) is 5.13. The monoisotopic (exact) mass is 192 g/mol. The first-order chi connectivity index (χ1) is 6.50. The van der Waals surface area contributed by atoms with E-state index in [1.807, 2.05) is 19.1 Å². The molecule has 0 saturated heterocycles. The molecule has 1 atom stereocenters. The van der Waals surface area contributed by atoms with Crippen LogP contribution >= 0.6 is 0 Å². The molecule has 0 aliphatic rings. The van der Waals surface area contributed by atoms with Crippen molar-refractivity contribution in [2.75, 3.05) is 11.1 Å². The van der Waals surface area contributed by atoms with E-state index in [0.717, 1.165) is 16.9 Å². The van der Waals surface area contributed by atoms with Crippen LogP contribution < -0.4 is 11.1 Å². The first-order valence-electron chi connectivity index (χ1n) is 5.13. The van der Waals surface area contributed by atoms with Gasteiger partial charge in [-0.3, -0.25) is 0 Å². The zero-order valence-corrected chi connectivity index (χ0v) is 9.46. The third-order valence-corrected chi connectivity index (χ3v) is 2.67. The van der Waals surface area contributed by atoms with Gasteiger partial charge in [0.1, 0.15) is 0 Å². The zero-order chi connectivity index (χ0) is 10.7. The van der Waals surface area contributed by atoms with Gasteiger partial charge < -0.3 is 11.1 Å². The lowest BCUT2D eigenvalue weighted by Crippen LogP contribution is -2.21. The summed E-state index contributed by atoms with van der Waals surface area (Å²) in [6.45, 7) is 8.61. The summed E-state index contributed by atoms with van der Waals surface area (Å²) in [6.07, 6.45) is 0. The third kappa shape index (κ3) is 2.66. The molecule has 78 valence electrons. The van der Waals surface area contributed by atoms with E-state index in [1.165, 1.54) is 0 Å². The summed E-state index contributed by atoms with van der Waals surface area (Å²) < 4.78 is 0. The van der Waals surface area contributed by atoms with Crippen LogP contribution in [0.2, 0.25) is 0 Å². The molecule has 0 bridgehead atoms. The number of nitrogen functional groups attached to an aromatic ring is 1. The second kappa shape index (κ2) is 4.36. The fraction of sp³-hybridized carbons (Fsp3) is 0.500. The van der Waals surface area contributed by atoms with Crippen molar-refractivity contribution in [3.05, 3.63) is 23.8 Å². The van der Waals surface area contributed by atoms with Gasteiger partial charge in [-0.25, -0.2) is 0 Å². The molecule has 0 radical (unpaired) electrons. The van der Waals surface area contributed by atoms with Crippen LogP contribution in [-0.4, -0.2) is 6.04 Å². The molecule has 0 aliphatic heterocycles. The minimum Gasteiger partial charge on any atom is -0.398 e. The minimum absolute atomic E-state index is 0.470. The van der Waals surface area contributed by atoms with E-state index in [0.29, 0.717) is 12.0 Å². The Labute approximate surface area is 86.5 Å². The van der Waals surface area contributed by atoms with Crippen molar-refractivity contribution < 1.29 is 0 Å². The van der Waals surface area contributed by atoms with Crippen LogP contribution in [-0.2, 0) is 0 Å². The Balaban J connectivity index is 2.73. The Morgan fingerprint density at radius 3 is 2.36 bits per heavy atom. The lowest BCUT2D eigenvalue weighted by molar-refractivity contribution is 0.560. The first kappa shape index (κ1) is 10.9. The molecule has 0 saturated carbocycles. The number of nitrogens with two attached hydrogens (primary N) is 1. The predicted molar refractivity (Wildman–Crippen MR) is 63.5 cm³/mol. The Morgan fingerprint density at radius 2 is 1.86 bits per heavy atom. The average molecular weight is 192 g/mol. The van der Waals surface area contributed by atoms with Gasteiger partial charge in [0.2, 0.25) is 0 Å². The Hall–Kier alpha value is -1.18. The summed E-state index contributed by atoms with van der Waals surface area (Å²) >= 11 is 0. The molecule has 14 heavy (non-hydrogen) atoms. The normalized spacial score (nSPS) is 12.9. The molecule has 0 heterocycles. The zero-order valence-electron chi connectivity index (χ0n) is 9.46. The van der Waals surface area contributed by atoms with E-state index in [1.54, 1.807) is 0 Å². The highest BCUT2D eigenvalue weighted by Gasteiger charge is 2.06. The van der Waals surface area contributed by atoms with Crippen molar-refractivity contribution in [1.29, 1.82) is 0 Å². The van der Waals surface area contributed by atoms with Crippen LogP contribution in [0, 0.1) is 12.8 Å². The molecule has 3 N–H and O–H groups in total. The van der Waals surface area contributed by atoms with Gasteiger partial charge in [-0.1, -0.05) is 19.9 Å². The molecular weight excluding hydrogens is 172 g/mol. The third-order valence-electron chi connectivity index (χ3n) is 2.67. The standard InChI is InChI=1S/C12H20N2/c1-8(2)10(4)14-11-6-5-9(3)12(13)7-11/h5-8,10,14H,13H2,1-4H3. The number of hydrogen-bond acceptors (Lipinski definition) is 2. The lowest BCUT2D eigenvalue weighted by Gasteiger charge is -2.19. The molecule has 0 aliphatic carbocycles. The fourth-order valence-electron chi connectivity index (χ4n) is 1.16. The number of anilines is 2. The van der Waals surface area contributed by atoms with Crippen LogP contribution in [0.3, 0.4) is 0 Å². The highest BCUT2D eigenvalue weighted by molar-refractivity contribution is 5.58. The molecule has 0 fully saturated rings. The summed E-state index contributed by atoms with van der Waals surface area (Å²) in [5.74, 6) is 0.623. The maximum absolute atomic E-state index is 5.83. The Bertz CT molecular complexity index is 305. The number of benzene rings is 1. The number of hydrogen-bond donors (Lipinski definition) is 2. The topological polar surface area (TPSA) is 38.0 Å². The van der Waals surface area contributed by atoms with Crippen molar-refractivity contribution in [1.82, 2.24) is 0 Å². The van der Waals surface area contributed by atoms with Crippen LogP contribution in [0.25, 0.3) is 0 Å². The largest absolute Gasteiger partial charge is 0.398 e. The van der Waals surface area contributed by atoms with Gasteiger partial charge in [0.05, 0.1) is 0 Å². The van der Waals surface area contributed by atoms with Crippen LogP contribution in [0.1, 0.15) is 26.3 Å². The van der Waals surface area contributed by atoms with Crippen molar-refractivity contribution in [3.8, 4) is 0 Å². The summed E-state index contributed by atoms with van der Waals surface area (Å²) in [5, 5.41) is 3.43. The lowest BCUT2D eigenvalue weighted by atomic mass is 10.1. The predicted octanol–water partition coefficient (Wildman–Crippen LogP) is 3.03. The van der Waals surface area contributed by atoms with Gasteiger partial charge in [-0.2, -0.15) is 0 Å². The second-order valence-electron chi connectivity index (χ2n) is 4.25. The highest BCUT2D eigenvalue weighted by atomic mass is 14.9. The number of nitrogens with one attached hydrogen (secondary N) is 1. The molecule has 2 heteroatoms. The van der Waals surface area contributed by atoms with Gasteiger partial charge >= 0.3 is 0 Å². The molecule has 1 rings (SSSR count). The van der Waals surface area contributed by atoms with E-state index in [-0.39, 0.29) is 0 Å². The number of rotatable bonds is 3. The summed E-state index contributed by atoms with van der Waals surface area (Å²) in [6, 6.07) is 6.58. The number of aryl methyl sites for hydroxylation is 1. The van der Waals surface area contributed by atoms with E-state index < -0.39 is 0 Å². The van der Waals surface area contributed by atoms with Crippen LogP contribution in [0.15, 0.2) is 18.2 Å². The van der Waals surface area contributed by atoms with Gasteiger partial charge in [0.15, 0.2) is 0 Å². The van der Waals surface area contributed by atoms with Crippen molar-refractivity contribution in [3.63, 3.8) is 0 Å². The summed E-state index contributed by atoms with van der Waals surface area (Å²) in [5.41, 5.74) is 8.92. The molecule has 1 unspecified atom stereocenters. The molecule has 2 nitrogen and oxygen atoms in total. The highest BCUT2D eigenvalue weighted by Crippen LogP contribution is 2.18. The molecular formula is C12H20N2. The van der Waals surface area contributed by atoms with Crippen LogP contribution in [0.5, 0.6) is 0 Å². The molecule has 0 amide bonds. The van der Waals surface area contributed by atoms with Crippen molar-refractivity contribution in [2.45, 2.75) is 33.7 Å². The SMILES string of the molecule is Cc1ccc(NC(C)C(C)C)cc1N. The van der Waals surface area contributed by atoms with E-state index in [4.69, 9.17) is 5.73 Å². The van der Waals surface area contributed by atoms with E-state index in [9.17, 15) is 0 Å². The molecule has 0 aromatic heterocycles. The average Bonchev–Trinajstić information content (AvgIpc) is 2.11. The Kier molecular flexibility index (Phi) is 3.39. The smallest absolute Gasteiger partial charge is 0.0364 e. The summed E-state index contributed by atoms with van der Waals surface area (Å²) in [7, 11) is 0. The van der Waals surface area contributed by atoms with Gasteiger partial charge in [-0.05, 0) is 37.5 Å². The van der Waals surface area contributed by atoms with Gasteiger partial charge in [-0.15, -0.1) is 0 Å². The van der Waals surface area contributed by atoms with Crippen molar-refractivity contribution in [2.24, 2.45) is 5.92 Å². The molecule has 0 spiro atoms. The Morgan fingerprint density at radius 1 is 1.21 bits per heavy atom. The second-order valence-corrected chi connectivity index (χ2v) is 4.25. The van der Waals surface area contributed by atoms with Gasteiger partial charge in [0, 0.05) is 17.4 Å². The van der Waals surface area contributed by atoms with E-state index >= 15 is 0 Å². The van der Waals surface area contributed by atoms with Crippen molar-refractivity contribution >= 4 is 11.4 Å². The molecule has 1 aromatic carbocycles. The maximum Gasteiger partial charge on any atom is 0.0364 e. The minimum atomic E-state index is 0.470. The van der Waals surface area contributed by atoms with E-state index in [2.05, 4.69) is 32.2 Å². The quantitative estimate of drug-likeness (QED) is 0.722. The maximum atomic E-state index is 5.83. The van der Waals surface area contributed by atoms with Gasteiger partial charge in [0.25, 0.3) is 0 Å². The molecule has 1 aromatic rings. The summed E-state index contributed by atoms with van der Waals surface area (Å²) in [4.78, 5) is 0. The fourth-order valence-corrected chi connectivity index (χ4v) is 1.16.